The molecule has 11 nitrogen and oxygen atoms in total. The maximum Gasteiger partial charge on any atom is 0.255 e. The van der Waals surface area contributed by atoms with Crippen LogP contribution >= 0.6 is 0 Å². The summed E-state index contributed by atoms with van der Waals surface area (Å²) in [5, 5.41) is 6.05. The van der Waals surface area contributed by atoms with E-state index in [0.717, 1.165) is 45.0 Å². The Kier molecular flexibility index (Phi) is 7.60. The first kappa shape index (κ1) is 24.3. The Morgan fingerprint density at radius 3 is 2.57 bits per heavy atom. The Morgan fingerprint density at radius 2 is 1.81 bits per heavy atom. The number of hydrogen-bond donors (Lipinski definition) is 2. The van der Waals surface area contributed by atoms with Crippen LogP contribution < -0.4 is 15.5 Å². The van der Waals surface area contributed by atoms with Crippen molar-refractivity contribution < 1.29 is 4.79 Å². The summed E-state index contributed by atoms with van der Waals surface area (Å²) < 4.78 is 2.10. The number of piperazine rings is 1. The molecule has 0 unspecified atom stereocenters. The fourth-order valence-corrected chi connectivity index (χ4v) is 4.09. The highest BCUT2D eigenvalue weighted by molar-refractivity contribution is 6.04. The topological polar surface area (TPSA) is 117 Å². The first-order valence-electron chi connectivity index (χ1n) is 12.4. The molecule has 1 aromatic carbocycles. The molecule has 2 N–H and O–H groups in total. The van der Waals surface area contributed by atoms with E-state index in [1.54, 1.807) is 24.5 Å². The van der Waals surface area contributed by atoms with Crippen LogP contribution in [0.3, 0.4) is 0 Å². The van der Waals surface area contributed by atoms with Crippen LogP contribution in [-0.2, 0) is 13.0 Å². The normalized spacial score (nSPS) is 13.9. The molecule has 5 rings (SSSR count). The summed E-state index contributed by atoms with van der Waals surface area (Å²) in [5.41, 5.74) is 1.22. The zero-order valence-corrected chi connectivity index (χ0v) is 20.8. The fraction of sp³-hybridized carbons (Fsp3) is 0.308. The molecular weight excluding hydrogens is 468 g/mol. The lowest BCUT2D eigenvalue weighted by Crippen LogP contribution is -2.47. The number of carbonyl (C=O) groups excluding carboxylic acids is 1. The molecule has 4 aromatic rings. The summed E-state index contributed by atoms with van der Waals surface area (Å²) in [7, 11) is 0. The second-order valence-electron chi connectivity index (χ2n) is 8.73. The molecule has 3 aromatic heterocycles. The van der Waals surface area contributed by atoms with Crippen LogP contribution in [0.25, 0.3) is 0 Å². The van der Waals surface area contributed by atoms with Gasteiger partial charge in [0.25, 0.3) is 5.91 Å². The number of hydrogen-bond acceptors (Lipinski definition) is 9. The summed E-state index contributed by atoms with van der Waals surface area (Å²) in [5.74, 6) is 2.05. The molecule has 1 amide bonds. The maximum absolute atomic E-state index is 12.7. The number of aryl methyl sites for hydroxylation is 1. The van der Waals surface area contributed by atoms with E-state index < -0.39 is 0 Å². The van der Waals surface area contributed by atoms with Crippen molar-refractivity contribution in [1.29, 1.82) is 0 Å². The minimum atomic E-state index is -0.215. The van der Waals surface area contributed by atoms with Crippen LogP contribution in [-0.4, -0.2) is 73.0 Å². The number of rotatable bonds is 9. The molecule has 0 saturated carbocycles. The predicted molar refractivity (Wildman–Crippen MR) is 142 cm³/mol. The quantitative estimate of drug-likeness (QED) is 0.359. The number of para-hydroxylation sites is 1. The number of aromatic nitrogens is 6. The Hall–Kier alpha value is -4.38. The Morgan fingerprint density at radius 1 is 0.973 bits per heavy atom. The van der Waals surface area contributed by atoms with E-state index in [0.29, 0.717) is 35.5 Å². The number of pyridine rings is 1. The van der Waals surface area contributed by atoms with Gasteiger partial charge in [0.05, 0.1) is 6.33 Å². The largest absolute Gasteiger partial charge is 0.338 e. The third kappa shape index (κ3) is 6.44. The minimum absolute atomic E-state index is 0.215. The lowest BCUT2D eigenvalue weighted by molar-refractivity contribution is 0.102. The van der Waals surface area contributed by atoms with Crippen molar-refractivity contribution in [3.8, 4) is 0 Å². The maximum atomic E-state index is 12.7. The van der Waals surface area contributed by atoms with E-state index in [-0.39, 0.29) is 5.91 Å². The molecule has 0 spiro atoms. The van der Waals surface area contributed by atoms with Crippen molar-refractivity contribution in [3.05, 3.63) is 78.8 Å². The number of imidazole rings is 1. The molecule has 1 aliphatic rings. The van der Waals surface area contributed by atoms with Gasteiger partial charge >= 0.3 is 0 Å². The van der Waals surface area contributed by atoms with Crippen molar-refractivity contribution in [2.75, 3.05) is 48.3 Å². The summed E-state index contributed by atoms with van der Waals surface area (Å²) in [6, 6.07) is 12.7. The van der Waals surface area contributed by atoms with Crippen LogP contribution in [0.4, 0.5) is 23.4 Å². The van der Waals surface area contributed by atoms with Gasteiger partial charge < -0.3 is 20.1 Å². The summed E-state index contributed by atoms with van der Waals surface area (Å²) in [6.07, 6.45) is 7.92. The number of benzene rings is 1. The number of nitrogens with zero attached hydrogens (tertiary/aromatic N) is 8. The smallest absolute Gasteiger partial charge is 0.255 e. The molecule has 1 saturated heterocycles. The van der Waals surface area contributed by atoms with Crippen molar-refractivity contribution in [3.63, 3.8) is 0 Å². The third-order valence-corrected chi connectivity index (χ3v) is 6.17. The number of carbonyl (C=O) groups is 1. The van der Waals surface area contributed by atoms with Gasteiger partial charge in [0, 0.05) is 75.5 Å². The molecular formula is C26H30N10O. The standard InChI is InChI=1S/C26H30N10O/c1-2-22-30-25(31-23-18-20(8-9-28-23)24(37)29-21-6-4-3-5-7-21)33-26(32-22)36-16-14-34(15-17-36)12-13-35-11-10-27-19-35/h3-11,18-19H,2,12-17H2,1H3,(H,29,37)(H,28,30,31,32,33). The lowest BCUT2D eigenvalue weighted by atomic mass is 10.2. The highest BCUT2D eigenvalue weighted by atomic mass is 16.1. The average Bonchev–Trinajstić information content (AvgIpc) is 3.46. The molecule has 0 atom stereocenters. The van der Waals surface area contributed by atoms with Gasteiger partial charge in [0.2, 0.25) is 11.9 Å². The summed E-state index contributed by atoms with van der Waals surface area (Å²) in [4.78, 5) is 39.7. The summed E-state index contributed by atoms with van der Waals surface area (Å²) in [6.45, 7) is 7.47. The van der Waals surface area contributed by atoms with Crippen LogP contribution in [0.15, 0.2) is 67.4 Å². The van der Waals surface area contributed by atoms with Crippen LogP contribution in [0.2, 0.25) is 0 Å². The van der Waals surface area contributed by atoms with Gasteiger partial charge in [-0.05, 0) is 24.3 Å². The molecule has 4 heterocycles. The molecule has 0 bridgehead atoms. The van der Waals surface area contributed by atoms with Gasteiger partial charge in [-0.15, -0.1) is 0 Å². The zero-order chi connectivity index (χ0) is 25.5. The number of anilines is 4. The van der Waals surface area contributed by atoms with Gasteiger partial charge in [0.15, 0.2) is 0 Å². The van der Waals surface area contributed by atoms with Crippen LogP contribution in [0.1, 0.15) is 23.1 Å². The van der Waals surface area contributed by atoms with Crippen molar-refractivity contribution in [2.24, 2.45) is 0 Å². The Bertz CT molecular complexity index is 1300. The zero-order valence-electron chi connectivity index (χ0n) is 20.8. The predicted octanol–water partition coefficient (Wildman–Crippen LogP) is 2.84. The SMILES string of the molecule is CCc1nc(Nc2cc(C(=O)Nc3ccccc3)ccn2)nc(N2CCN(CCn3ccnc3)CC2)n1. The molecule has 11 heteroatoms. The first-order chi connectivity index (χ1) is 18.2. The highest BCUT2D eigenvalue weighted by Crippen LogP contribution is 2.18. The molecule has 0 aliphatic carbocycles. The Balaban J connectivity index is 1.23. The van der Waals surface area contributed by atoms with Crippen molar-refractivity contribution in [1.82, 2.24) is 34.4 Å². The van der Waals surface area contributed by atoms with Crippen LogP contribution in [0, 0.1) is 0 Å². The van der Waals surface area contributed by atoms with Crippen molar-refractivity contribution >= 4 is 29.3 Å². The van der Waals surface area contributed by atoms with E-state index in [1.165, 1.54) is 0 Å². The van der Waals surface area contributed by atoms with E-state index in [4.69, 9.17) is 0 Å². The van der Waals surface area contributed by atoms with Gasteiger partial charge in [-0.2, -0.15) is 15.0 Å². The molecule has 1 fully saturated rings. The van der Waals surface area contributed by atoms with E-state index in [1.807, 2.05) is 49.8 Å². The molecule has 0 radical (unpaired) electrons. The molecule has 37 heavy (non-hydrogen) atoms. The highest BCUT2D eigenvalue weighted by Gasteiger charge is 2.20. The Labute approximate surface area is 215 Å². The fourth-order valence-electron chi connectivity index (χ4n) is 4.09. The second kappa shape index (κ2) is 11.6. The summed E-state index contributed by atoms with van der Waals surface area (Å²) >= 11 is 0. The monoisotopic (exact) mass is 498 g/mol. The van der Waals surface area contributed by atoms with Gasteiger partial charge in [0.1, 0.15) is 11.6 Å². The van der Waals surface area contributed by atoms with E-state index >= 15 is 0 Å². The average molecular weight is 499 g/mol. The lowest BCUT2D eigenvalue weighted by Gasteiger charge is -2.34. The third-order valence-electron chi connectivity index (χ3n) is 6.17. The van der Waals surface area contributed by atoms with Gasteiger partial charge in [-0.1, -0.05) is 25.1 Å². The minimum Gasteiger partial charge on any atom is -0.338 e. The van der Waals surface area contributed by atoms with Gasteiger partial charge in [-0.3, -0.25) is 9.69 Å². The van der Waals surface area contributed by atoms with Crippen molar-refractivity contribution in [2.45, 2.75) is 19.9 Å². The molecule has 190 valence electrons. The number of amides is 1. The van der Waals surface area contributed by atoms with E-state index in [2.05, 4.69) is 49.9 Å². The van der Waals surface area contributed by atoms with Gasteiger partial charge in [-0.25, -0.2) is 9.97 Å². The first-order valence-corrected chi connectivity index (χ1v) is 12.4. The number of nitrogens with one attached hydrogen (secondary N) is 2. The van der Waals surface area contributed by atoms with Crippen LogP contribution in [0.5, 0.6) is 0 Å². The van der Waals surface area contributed by atoms with E-state index in [9.17, 15) is 4.79 Å². The molecule has 1 aliphatic heterocycles. The second-order valence-corrected chi connectivity index (χ2v) is 8.73.